The smallest absolute Gasteiger partial charge is 0.257 e. The Morgan fingerprint density at radius 2 is 1.83 bits per heavy atom. The number of likely N-dealkylation sites (N-methyl/N-ethyl adjacent to an activating group) is 2. The zero-order valence-electron chi connectivity index (χ0n) is 14.4. The van der Waals surface area contributed by atoms with Crippen LogP contribution in [0.15, 0.2) is 34.9 Å². The standard InChI is InChI=1S/C17H24N4O2/c1-19(2)10-11-21(5)17(22)13-8-9-14(15-7-6-12-23-15)18-16(13)20(3)4/h6-9,12H,10-11H2,1-5H3. The maximum absolute atomic E-state index is 12.7. The number of anilines is 1. The number of rotatable bonds is 6. The van der Waals surface area contributed by atoms with Crippen LogP contribution in [-0.4, -0.2) is 69.0 Å². The summed E-state index contributed by atoms with van der Waals surface area (Å²) in [5, 5.41) is 0. The minimum Gasteiger partial charge on any atom is -0.463 e. The second-order valence-electron chi connectivity index (χ2n) is 5.97. The molecule has 2 rings (SSSR count). The fourth-order valence-corrected chi connectivity index (χ4v) is 2.17. The summed E-state index contributed by atoms with van der Waals surface area (Å²) in [6.45, 7) is 1.48. The Morgan fingerprint density at radius 3 is 2.39 bits per heavy atom. The van der Waals surface area contributed by atoms with Gasteiger partial charge in [-0.2, -0.15) is 0 Å². The Hall–Kier alpha value is -2.34. The molecule has 23 heavy (non-hydrogen) atoms. The molecule has 0 aliphatic heterocycles. The summed E-state index contributed by atoms with van der Waals surface area (Å²) >= 11 is 0. The maximum atomic E-state index is 12.7. The average molecular weight is 316 g/mol. The van der Waals surface area contributed by atoms with E-state index in [2.05, 4.69) is 9.88 Å². The van der Waals surface area contributed by atoms with E-state index in [1.807, 2.05) is 64.4 Å². The summed E-state index contributed by atoms with van der Waals surface area (Å²) in [6.07, 6.45) is 1.61. The molecule has 1 amide bonds. The van der Waals surface area contributed by atoms with E-state index >= 15 is 0 Å². The lowest BCUT2D eigenvalue weighted by Gasteiger charge is -2.22. The van der Waals surface area contributed by atoms with Gasteiger partial charge < -0.3 is 19.1 Å². The van der Waals surface area contributed by atoms with Crippen molar-refractivity contribution >= 4 is 11.7 Å². The summed E-state index contributed by atoms with van der Waals surface area (Å²) in [4.78, 5) is 22.9. The lowest BCUT2D eigenvalue weighted by Crippen LogP contribution is -2.34. The molecule has 0 radical (unpaired) electrons. The van der Waals surface area contributed by atoms with E-state index in [4.69, 9.17) is 4.42 Å². The van der Waals surface area contributed by atoms with Gasteiger partial charge in [0.1, 0.15) is 11.5 Å². The third kappa shape index (κ3) is 4.10. The van der Waals surface area contributed by atoms with Gasteiger partial charge >= 0.3 is 0 Å². The molecule has 0 atom stereocenters. The molecule has 0 N–H and O–H groups in total. The Kier molecular flexibility index (Phi) is 5.39. The SMILES string of the molecule is CN(C)CCN(C)C(=O)c1ccc(-c2ccco2)nc1N(C)C. The van der Waals surface area contributed by atoms with Gasteiger partial charge in [-0.05, 0) is 38.4 Å². The Balaban J connectivity index is 2.29. The third-order valence-corrected chi connectivity index (χ3v) is 3.53. The zero-order valence-corrected chi connectivity index (χ0v) is 14.4. The number of hydrogen-bond donors (Lipinski definition) is 0. The van der Waals surface area contributed by atoms with Crippen molar-refractivity contribution in [2.75, 3.05) is 53.2 Å². The van der Waals surface area contributed by atoms with Crippen molar-refractivity contribution in [1.29, 1.82) is 0 Å². The number of carbonyl (C=O) groups excluding carboxylic acids is 1. The van der Waals surface area contributed by atoms with Gasteiger partial charge in [-0.15, -0.1) is 0 Å². The van der Waals surface area contributed by atoms with Gasteiger partial charge in [0, 0.05) is 34.2 Å². The molecule has 6 heteroatoms. The molecule has 0 fully saturated rings. The molecule has 0 aliphatic rings. The van der Waals surface area contributed by atoms with Crippen LogP contribution in [0.5, 0.6) is 0 Å². The van der Waals surface area contributed by atoms with E-state index in [1.54, 1.807) is 11.2 Å². The predicted octanol–water partition coefficient (Wildman–Crippen LogP) is 2.04. The minimum atomic E-state index is -0.0333. The van der Waals surface area contributed by atoms with Gasteiger partial charge in [-0.1, -0.05) is 0 Å². The second-order valence-corrected chi connectivity index (χ2v) is 5.97. The molecule has 0 saturated heterocycles. The number of pyridine rings is 1. The van der Waals surface area contributed by atoms with Crippen molar-refractivity contribution in [1.82, 2.24) is 14.8 Å². The van der Waals surface area contributed by atoms with Crippen LogP contribution in [0.3, 0.4) is 0 Å². The topological polar surface area (TPSA) is 52.8 Å². The Labute approximate surface area is 137 Å². The van der Waals surface area contributed by atoms with Crippen LogP contribution in [0.4, 0.5) is 5.82 Å². The monoisotopic (exact) mass is 316 g/mol. The van der Waals surface area contributed by atoms with Crippen LogP contribution in [-0.2, 0) is 0 Å². The fourth-order valence-electron chi connectivity index (χ4n) is 2.17. The molecule has 0 aromatic carbocycles. The summed E-state index contributed by atoms with van der Waals surface area (Å²) in [7, 11) is 9.55. The van der Waals surface area contributed by atoms with Gasteiger partial charge in [-0.25, -0.2) is 4.98 Å². The number of hydrogen-bond acceptors (Lipinski definition) is 5. The molecular formula is C17H24N4O2. The second kappa shape index (κ2) is 7.28. The summed E-state index contributed by atoms with van der Waals surface area (Å²) < 4.78 is 5.39. The highest BCUT2D eigenvalue weighted by molar-refractivity contribution is 5.99. The summed E-state index contributed by atoms with van der Waals surface area (Å²) in [5.41, 5.74) is 1.30. The van der Waals surface area contributed by atoms with E-state index in [9.17, 15) is 4.79 Å². The van der Waals surface area contributed by atoms with Gasteiger partial charge in [0.15, 0.2) is 5.76 Å². The fraction of sp³-hybridized carbons (Fsp3) is 0.412. The van der Waals surface area contributed by atoms with Crippen LogP contribution in [0.2, 0.25) is 0 Å². The molecule has 0 unspecified atom stereocenters. The molecule has 0 saturated carbocycles. The Bertz CT molecular complexity index is 651. The largest absolute Gasteiger partial charge is 0.463 e. The highest BCUT2D eigenvalue weighted by atomic mass is 16.3. The van der Waals surface area contributed by atoms with E-state index in [0.29, 0.717) is 29.4 Å². The molecule has 2 aromatic rings. The predicted molar refractivity (Wildman–Crippen MR) is 91.8 cm³/mol. The Morgan fingerprint density at radius 1 is 1.09 bits per heavy atom. The first-order valence-electron chi connectivity index (χ1n) is 7.52. The zero-order chi connectivity index (χ0) is 17.0. The minimum absolute atomic E-state index is 0.0333. The van der Waals surface area contributed by atoms with Crippen LogP contribution >= 0.6 is 0 Å². The highest BCUT2D eigenvalue weighted by Crippen LogP contribution is 2.24. The summed E-state index contributed by atoms with van der Waals surface area (Å²) in [6, 6.07) is 7.31. The first kappa shape index (κ1) is 17.0. The number of nitrogens with zero attached hydrogens (tertiary/aromatic N) is 4. The van der Waals surface area contributed by atoms with Gasteiger partial charge in [0.25, 0.3) is 5.91 Å². The van der Waals surface area contributed by atoms with Crippen LogP contribution in [0.1, 0.15) is 10.4 Å². The van der Waals surface area contributed by atoms with Crippen LogP contribution in [0, 0.1) is 0 Å². The van der Waals surface area contributed by atoms with E-state index in [1.165, 1.54) is 0 Å². The van der Waals surface area contributed by atoms with Crippen LogP contribution in [0.25, 0.3) is 11.5 Å². The maximum Gasteiger partial charge on any atom is 0.257 e. The van der Waals surface area contributed by atoms with Gasteiger partial charge in [0.05, 0.1) is 11.8 Å². The molecule has 0 spiro atoms. The first-order chi connectivity index (χ1) is 10.9. The normalized spacial score (nSPS) is 10.9. The molecule has 124 valence electrons. The average Bonchev–Trinajstić information content (AvgIpc) is 3.05. The van der Waals surface area contributed by atoms with Crippen LogP contribution < -0.4 is 4.90 Å². The van der Waals surface area contributed by atoms with Crippen molar-refractivity contribution in [2.24, 2.45) is 0 Å². The van der Waals surface area contributed by atoms with E-state index in [0.717, 1.165) is 6.54 Å². The lowest BCUT2D eigenvalue weighted by molar-refractivity contribution is 0.0786. The quantitative estimate of drug-likeness (QED) is 0.816. The van der Waals surface area contributed by atoms with Crippen molar-refractivity contribution in [3.05, 3.63) is 36.1 Å². The van der Waals surface area contributed by atoms with Crippen molar-refractivity contribution in [2.45, 2.75) is 0 Å². The molecule has 2 aromatic heterocycles. The molecule has 0 aliphatic carbocycles. The molecule has 6 nitrogen and oxygen atoms in total. The molecular weight excluding hydrogens is 292 g/mol. The number of aromatic nitrogens is 1. The lowest BCUT2D eigenvalue weighted by atomic mass is 10.1. The van der Waals surface area contributed by atoms with Gasteiger partial charge in [0.2, 0.25) is 0 Å². The van der Waals surface area contributed by atoms with Crippen molar-refractivity contribution in [3.8, 4) is 11.5 Å². The first-order valence-corrected chi connectivity index (χ1v) is 7.52. The molecule has 2 heterocycles. The van der Waals surface area contributed by atoms with E-state index < -0.39 is 0 Å². The van der Waals surface area contributed by atoms with Crippen molar-refractivity contribution in [3.63, 3.8) is 0 Å². The highest BCUT2D eigenvalue weighted by Gasteiger charge is 2.19. The number of furan rings is 1. The van der Waals surface area contributed by atoms with Gasteiger partial charge in [-0.3, -0.25) is 4.79 Å². The number of carbonyl (C=O) groups is 1. The number of amides is 1. The summed E-state index contributed by atoms with van der Waals surface area (Å²) in [5.74, 6) is 1.29. The molecule has 0 bridgehead atoms. The van der Waals surface area contributed by atoms with Crippen molar-refractivity contribution < 1.29 is 9.21 Å². The third-order valence-electron chi connectivity index (χ3n) is 3.53. The van der Waals surface area contributed by atoms with E-state index in [-0.39, 0.29) is 5.91 Å².